The Labute approximate surface area is 172 Å². The zero-order valence-electron chi connectivity index (χ0n) is 15.5. The second-order valence-electron chi connectivity index (χ2n) is 6.48. The maximum Gasteiger partial charge on any atom is 0.199 e. The van der Waals surface area contributed by atoms with E-state index in [-0.39, 0.29) is 0 Å². The SMILES string of the molecule is C=CCn1c(-c2cccnc2)nn(CN(C)Cc2nc3ccccc3s2)c1=S. The van der Waals surface area contributed by atoms with Gasteiger partial charge in [0.1, 0.15) is 5.01 Å². The average Bonchev–Trinajstić information content (AvgIpc) is 3.24. The molecule has 3 heterocycles. The molecule has 0 radical (unpaired) electrons. The molecule has 4 aromatic rings. The summed E-state index contributed by atoms with van der Waals surface area (Å²) in [7, 11) is 2.05. The van der Waals surface area contributed by atoms with E-state index in [2.05, 4.69) is 22.5 Å². The number of aromatic nitrogens is 5. The highest BCUT2D eigenvalue weighted by atomic mass is 32.1. The van der Waals surface area contributed by atoms with Crippen LogP contribution in [0.2, 0.25) is 0 Å². The van der Waals surface area contributed by atoms with Gasteiger partial charge in [-0.15, -0.1) is 17.9 Å². The summed E-state index contributed by atoms with van der Waals surface area (Å²) in [6.45, 7) is 5.75. The van der Waals surface area contributed by atoms with E-state index in [0.29, 0.717) is 18.0 Å². The standard InChI is InChI=1S/C20H20N6S2/c1-3-11-25-19(15-7-6-10-21-12-15)23-26(20(25)27)14-24(2)13-18-22-16-8-4-5-9-17(16)28-18/h3-10,12H,1,11,13-14H2,2H3. The van der Waals surface area contributed by atoms with Crippen molar-refractivity contribution < 1.29 is 0 Å². The molecular formula is C20H20N6S2. The Morgan fingerprint density at radius 3 is 2.86 bits per heavy atom. The number of para-hydroxylation sites is 1. The number of fused-ring (bicyclic) bond motifs is 1. The quantitative estimate of drug-likeness (QED) is 0.336. The van der Waals surface area contributed by atoms with Gasteiger partial charge in [0, 0.05) is 24.5 Å². The Hall–Kier alpha value is -2.68. The van der Waals surface area contributed by atoms with Crippen molar-refractivity contribution in [3.8, 4) is 11.4 Å². The number of hydrogen-bond donors (Lipinski definition) is 0. The molecule has 1 aromatic carbocycles. The predicted molar refractivity (Wildman–Crippen MR) is 116 cm³/mol. The molecule has 0 fully saturated rings. The van der Waals surface area contributed by atoms with E-state index in [4.69, 9.17) is 22.3 Å². The minimum atomic E-state index is 0.576. The molecule has 0 atom stereocenters. The fraction of sp³-hybridized carbons (Fsp3) is 0.200. The summed E-state index contributed by atoms with van der Waals surface area (Å²) >= 11 is 7.39. The molecule has 0 spiro atoms. The van der Waals surface area contributed by atoms with Crippen molar-refractivity contribution in [2.75, 3.05) is 7.05 Å². The minimum absolute atomic E-state index is 0.576. The van der Waals surface area contributed by atoms with E-state index in [1.807, 2.05) is 52.7 Å². The first kappa shape index (κ1) is 18.7. The van der Waals surface area contributed by atoms with Gasteiger partial charge in [-0.25, -0.2) is 9.67 Å². The van der Waals surface area contributed by atoms with Crippen molar-refractivity contribution in [3.63, 3.8) is 0 Å². The van der Waals surface area contributed by atoms with Crippen LogP contribution in [-0.2, 0) is 19.8 Å². The van der Waals surface area contributed by atoms with Crippen LogP contribution in [0.25, 0.3) is 21.6 Å². The zero-order chi connectivity index (χ0) is 19.5. The van der Waals surface area contributed by atoms with Gasteiger partial charge < -0.3 is 0 Å². The van der Waals surface area contributed by atoms with E-state index >= 15 is 0 Å². The molecule has 8 heteroatoms. The summed E-state index contributed by atoms with van der Waals surface area (Å²) in [6, 6.07) is 12.1. The van der Waals surface area contributed by atoms with Gasteiger partial charge in [0.05, 0.1) is 23.4 Å². The van der Waals surface area contributed by atoms with Crippen molar-refractivity contribution in [3.05, 3.63) is 71.2 Å². The first-order chi connectivity index (χ1) is 13.7. The van der Waals surface area contributed by atoms with E-state index in [1.165, 1.54) is 4.70 Å². The Kier molecular flexibility index (Phi) is 5.43. The third kappa shape index (κ3) is 3.80. The van der Waals surface area contributed by atoms with Gasteiger partial charge in [0.15, 0.2) is 10.6 Å². The van der Waals surface area contributed by atoms with Crippen molar-refractivity contribution in [1.82, 2.24) is 29.2 Å². The Morgan fingerprint density at radius 2 is 2.11 bits per heavy atom. The monoisotopic (exact) mass is 408 g/mol. The second-order valence-corrected chi connectivity index (χ2v) is 7.96. The highest BCUT2D eigenvalue weighted by Crippen LogP contribution is 2.23. The van der Waals surface area contributed by atoms with E-state index < -0.39 is 0 Å². The Bertz CT molecular complexity index is 1130. The molecule has 0 aliphatic carbocycles. The Balaban J connectivity index is 1.58. The van der Waals surface area contributed by atoms with Crippen LogP contribution < -0.4 is 0 Å². The highest BCUT2D eigenvalue weighted by Gasteiger charge is 2.14. The third-order valence-electron chi connectivity index (χ3n) is 4.27. The van der Waals surface area contributed by atoms with Crippen molar-refractivity contribution in [1.29, 1.82) is 0 Å². The van der Waals surface area contributed by atoms with Crippen LogP contribution in [0.3, 0.4) is 0 Å². The fourth-order valence-electron chi connectivity index (χ4n) is 3.03. The lowest BCUT2D eigenvalue weighted by atomic mass is 10.3. The molecule has 0 amide bonds. The molecule has 0 saturated heterocycles. The molecule has 0 saturated carbocycles. The molecule has 0 aliphatic heterocycles. The van der Waals surface area contributed by atoms with Crippen LogP contribution >= 0.6 is 23.6 Å². The first-order valence-corrected chi connectivity index (χ1v) is 10.1. The summed E-state index contributed by atoms with van der Waals surface area (Å²) in [4.78, 5) is 11.1. The number of hydrogen-bond acceptors (Lipinski definition) is 6. The Morgan fingerprint density at radius 1 is 1.25 bits per heavy atom. The van der Waals surface area contributed by atoms with Gasteiger partial charge >= 0.3 is 0 Å². The number of allylic oxidation sites excluding steroid dienone is 1. The molecule has 28 heavy (non-hydrogen) atoms. The van der Waals surface area contributed by atoms with Crippen LogP contribution in [0.4, 0.5) is 0 Å². The molecule has 0 bridgehead atoms. The molecule has 3 aromatic heterocycles. The van der Waals surface area contributed by atoms with E-state index in [1.54, 1.807) is 23.7 Å². The van der Waals surface area contributed by atoms with Gasteiger partial charge in [-0.05, 0) is 43.5 Å². The maximum atomic E-state index is 5.67. The lowest BCUT2D eigenvalue weighted by Gasteiger charge is -2.14. The third-order valence-corrected chi connectivity index (χ3v) is 5.73. The van der Waals surface area contributed by atoms with Crippen LogP contribution in [0, 0.1) is 4.77 Å². The molecule has 0 aliphatic rings. The van der Waals surface area contributed by atoms with Gasteiger partial charge in [-0.2, -0.15) is 5.10 Å². The fourth-order valence-corrected chi connectivity index (χ4v) is 4.34. The molecule has 0 unspecified atom stereocenters. The molecule has 142 valence electrons. The normalized spacial score (nSPS) is 11.4. The lowest BCUT2D eigenvalue weighted by Crippen LogP contribution is -2.22. The molecule has 6 nitrogen and oxygen atoms in total. The second kappa shape index (κ2) is 8.14. The summed E-state index contributed by atoms with van der Waals surface area (Å²) < 4.78 is 5.69. The van der Waals surface area contributed by atoms with Crippen molar-refractivity contribution in [2.24, 2.45) is 0 Å². The smallest absolute Gasteiger partial charge is 0.199 e. The first-order valence-electron chi connectivity index (χ1n) is 8.87. The number of thiazole rings is 1. The molecule has 0 N–H and O–H groups in total. The van der Waals surface area contributed by atoms with Gasteiger partial charge in [0.2, 0.25) is 0 Å². The van der Waals surface area contributed by atoms with Gasteiger partial charge in [0.25, 0.3) is 0 Å². The largest absolute Gasteiger partial charge is 0.296 e. The zero-order valence-corrected chi connectivity index (χ0v) is 17.2. The maximum absolute atomic E-state index is 5.67. The van der Waals surface area contributed by atoms with E-state index in [9.17, 15) is 0 Å². The number of pyridine rings is 1. The number of nitrogens with zero attached hydrogens (tertiary/aromatic N) is 6. The van der Waals surface area contributed by atoms with Crippen molar-refractivity contribution >= 4 is 33.8 Å². The van der Waals surface area contributed by atoms with E-state index in [0.717, 1.165) is 28.5 Å². The van der Waals surface area contributed by atoms with Gasteiger partial charge in [-0.3, -0.25) is 14.5 Å². The highest BCUT2D eigenvalue weighted by molar-refractivity contribution is 7.71. The average molecular weight is 409 g/mol. The van der Waals surface area contributed by atoms with Crippen LogP contribution in [0.15, 0.2) is 61.4 Å². The van der Waals surface area contributed by atoms with Crippen LogP contribution in [0.1, 0.15) is 5.01 Å². The molecular weight excluding hydrogens is 388 g/mol. The summed E-state index contributed by atoms with van der Waals surface area (Å²) in [5.74, 6) is 0.798. The summed E-state index contributed by atoms with van der Waals surface area (Å²) in [6.07, 6.45) is 5.37. The van der Waals surface area contributed by atoms with Gasteiger partial charge in [-0.1, -0.05) is 18.2 Å². The van der Waals surface area contributed by atoms with Crippen LogP contribution in [-0.4, -0.2) is 36.3 Å². The topological polar surface area (TPSA) is 51.8 Å². The molecule has 4 rings (SSSR count). The minimum Gasteiger partial charge on any atom is -0.296 e. The van der Waals surface area contributed by atoms with Crippen molar-refractivity contribution in [2.45, 2.75) is 19.8 Å². The lowest BCUT2D eigenvalue weighted by molar-refractivity contribution is 0.244. The van der Waals surface area contributed by atoms with Crippen LogP contribution in [0.5, 0.6) is 0 Å². The number of benzene rings is 1. The summed E-state index contributed by atoms with van der Waals surface area (Å²) in [5, 5.41) is 5.83. The summed E-state index contributed by atoms with van der Waals surface area (Å²) in [5.41, 5.74) is 1.98. The number of rotatable bonds is 7. The predicted octanol–water partition coefficient (Wildman–Crippen LogP) is 4.36.